The third kappa shape index (κ3) is 4.57. The molecule has 0 bridgehead atoms. The molecule has 92 valence electrons. The molecule has 0 N–H and O–H groups in total. The maximum Gasteiger partial charge on any atom is 0.315 e. The Labute approximate surface area is 106 Å². The summed E-state index contributed by atoms with van der Waals surface area (Å²) < 4.78 is 4.53. The normalized spacial score (nSPS) is 11.9. The summed E-state index contributed by atoms with van der Waals surface area (Å²) in [6.45, 7) is 0. The van der Waals surface area contributed by atoms with Gasteiger partial charge in [-0.25, -0.2) is 0 Å². The van der Waals surface area contributed by atoms with Crippen molar-refractivity contribution in [2.24, 2.45) is 5.92 Å². The van der Waals surface area contributed by atoms with E-state index in [0.717, 1.165) is 18.4 Å². The number of rotatable bonds is 6. The van der Waals surface area contributed by atoms with E-state index < -0.39 is 11.9 Å². The number of hydrogen-bond acceptors (Lipinski definition) is 3. The van der Waals surface area contributed by atoms with Gasteiger partial charge < -0.3 is 9.53 Å². The second-order valence-electron chi connectivity index (χ2n) is 3.79. The van der Waals surface area contributed by atoms with E-state index >= 15 is 0 Å². The fourth-order valence-corrected chi connectivity index (χ4v) is 1.82. The number of aryl methyl sites for hydroxylation is 1. The first-order valence-electron chi connectivity index (χ1n) is 5.45. The summed E-state index contributed by atoms with van der Waals surface area (Å²) >= 11 is 5.86. The minimum Gasteiger partial charge on any atom is -0.468 e. The van der Waals surface area contributed by atoms with E-state index in [1.54, 1.807) is 0 Å². The average Bonchev–Trinajstić information content (AvgIpc) is 2.34. The molecule has 1 aromatic carbocycles. The molecule has 4 heteroatoms. The molecule has 0 radical (unpaired) electrons. The number of aldehydes is 1. The van der Waals surface area contributed by atoms with E-state index in [4.69, 9.17) is 11.6 Å². The van der Waals surface area contributed by atoms with Crippen LogP contribution in [0.4, 0.5) is 0 Å². The number of halogens is 1. The van der Waals surface area contributed by atoms with Crippen LogP contribution >= 0.6 is 11.6 Å². The highest BCUT2D eigenvalue weighted by Gasteiger charge is 2.17. The van der Waals surface area contributed by atoms with Crippen molar-refractivity contribution in [2.45, 2.75) is 19.3 Å². The topological polar surface area (TPSA) is 43.4 Å². The molecule has 1 atom stereocenters. The van der Waals surface area contributed by atoms with Crippen molar-refractivity contribution in [3.63, 3.8) is 0 Å². The van der Waals surface area contributed by atoms with Gasteiger partial charge >= 0.3 is 5.97 Å². The highest BCUT2D eigenvalue weighted by Crippen LogP contribution is 2.14. The van der Waals surface area contributed by atoms with Crippen molar-refractivity contribution in [1.29, 1.82) is 0 Å². The fourth-order valence-electron chi connectivity index (χ4n) is 1.61. The van der Waals surface area contributed by atoms with E-state index in [9.17, 15) is 9.59 Å². The van der Waals surface area contributed by atoms with Crippen molar-refractivity contribution >= 4 is 23.9 Å². The zero-order valence-corrected chi connectivity index (χ0v) is 10.4. The van der Waals surface area contributed by atoms with Crippen LogP contribution < -0.4 is 0 Å². The van der Waals surface area contributed by atoms with E-state index in [1.807, 2.05) is 24.3 Å². The first-order chi connectivity index (χ1) is 8.17. The van der Waals surface area contributed by atoms with Crippen LogP contribution in [0.1, 0.15) is 18.4 Å². The van der Waals surface area contributed by atoms with Gasteiger partial charge in [-0.1, -0.05) is 23.7 Å². The van der Waals surface area contributed by atoms with Gasteiger partial charge in [0.2, 0.25) is 0 Å². The van der Waals surface area contributed by atoms with Crippen LogP contribution in [0.5, 0.6) is 0 Å². The lowest BCUT2D eigenvalue weighted by Crippen LogP contribution is -2.17. The van der Waals surface area contributed by atoms with Crippen LogP contribution in [0.25, 0.3) is 0 Å². The van der Waals surface area contributed by atoms with Crippen LogP contribution in [-0.4, -0.2) is 19.4 Å². The second kappa shape index (κ2) is 7.07. The second-order valence-corrected chi connectivity index (χ2v) is 4.22. The van der Waals surface area contributed by atoms with Crippen LogP contribution in [-0.2, 0) is 20.7 Å². The molecule has 0 spiro atoms. The van der Waals surface area contributed by atoms with Crippen molar-refractivity contribution in [3.05, 3.63) is 34.9 Å². The Morgan fingerprint density at radius 2 is 2.29 bits per heavy atom. The molecule has 1 unspecified atom stereocenters. The van der Waals surface area contributed by atoms with Gasteiger partial charge in [-0.05, 0) is 37.0 Å². The Kier molecular flexibility index (Phi) is 5.70. The molecule has 0 fully saturated rings. The van der Waals surface area contributed by atoms with E-state index in [2.05, 4.69) is 4.74 Å². The molecule has 0 heterocycles. The Morgan fingerprint density at radius 1 is 1.53 bits per heavy atom. The molecule has 17 heavy (non-hydrogen) atoms. The van der Waals surface area contributed by atoms with Gasteiger partial charge in [0, 0.05) is 5.02 Å². The number of ether oxygens (including phenoxy) is 1. The Bertz CT molecular complexity index is 390. The van der Waals surface area contributed by atoms with Gasteiger partial charge in [-0.2, -0.15) is 0 Å². The summed E-state index contributed by atoms with van der Waals surface area (Å²) in [6.07, 6.45) is 2.69. The van der Waals surface area contributed by atoms with Gasteiger partial charge in [0.25, 0.3) is 0 Å². The summed E-state index contributed by atoms with van der Waals surface area (Å²) in [5.74, 6) is -1.12. The third-order valence-corrected chi connectivity index (χ3v) is 2.77. The molecule has 3 nitrogen and oxygen atoms in total. The molecular weight excluding hydrogens is 240 g/mol. The lowest BCUT2D eigenvalue weighted by Gasteiger charge is -2.07. The Morgan fingerprint density at radius 3 is 2.88 bits per heavy atom. The zero-order valence-electron chi connectivity index (χ0n) is 9.69. The van der Waals surface area contributed by atoms with Crippen LogP contribution in [0.15, 0.2) is 24.3 Å². The highest BCUT2D eigenvalue weighted by molar-refractivity contribution is 6.30. The van der Waals surface area contributed by atoms with Gasteiger partial charge in [0.1, 0.15) is 12.2 Å². The molecule has 0 aromatic heterocycles. The molecule has 0 amide bonds. The minimum atomic E-state index is -0.654. The van der Waals surface area contributed by atoms with Gasteiger partial charge in [-0.3, -0.25) is 4.79 Å². The summed E-state index contributed by atoms with van der Waals surface area (Å²) in [6, 6.07) is 7.55. The van der Waals surface area contributed by atoms with Crippen LogP contribution in [0, 0.1) is 5.92 Å². The van der Waals surface area contributed by atoms with Crippen molar-refractivity contribution in [2.75, 3.05) is 7.11 Å². The SMILES string of the molecule is COC(=O)C(C=O)CCCc1cccc(Cl)c1. The average molecular weight is 255 g/mol. The maximum absolute atomic E-state index is 11.2. The van der Waals surface area contributed by atoms with E-state index in [0.29, 0.717) is 17.7 Å². The summed E-state index contributed by atoms with van der Waals surface area (Å²) in [4.78, 5) is 21.8. The molecular formula is C13H15ClO3. The number of esters is 1. The van der Waals surface area contributed by atoms with E-state index in [1.165, 1.54) is 7.11 Å². The molecule has 1 rings (SSSR count). The summed E-state index contributed by atoms with van der Waals surface area (Å²) in [5.41, 5.74) is 1.10. The number of carbonyl (C=O) groups excluding carboxylic acids is 2. The summed E-state index contributed by atoms with van der Waals surface area (Å²) in [5, 5.41) is 0.697. The molecule has 0 aliphatic rings. The van der Waals surface area contributed by atoms with Crippen molar-refractivity contribution in [3.8, 4) is 0 Å². The maximum atomic E-state index is 11.2. The zero-order chi connectivity index (χ0) is 12.7. The molecule has 0 aliphatic heterocycles. The van der Waals surface area contributed by atoms with Crippen LogP contribution in [0.2, 0.25) is 5.02 Å². The molecule has 0 aliphatic carbocycles. The lowest BCUT2D eigenvalue weighted by molar-refractivity contribution is -0.147. The van der Waals surface area contributed by atoms with Crippen LogP contribution in [0.3, 0.4) is 0 Å². The number of methoxy groups -OCH3 is 1. The Hall–Kier alpha value is -1.35. The summed E-state index contributed by atoms with van der Waals surface area (Å²) in [7, 11) is 1.29. The van der Waals surface area contributed by atoms with Gasteiger partial charge in [-0.15, -0.1) is 0 Å². The quantitative estimate of drug-likeness (QED) is 0.445. The number of hydrogen-bond donors (Lipinski definition) is 0. The minimum absolute atomic E-state index is 0.467. The molecule has 0 saturated heterocycles. The number of benzene rings is 1. The molecule has 1 aromatic rings. The Balaban J connectivity index is 2.41. The molecule has 0 saturated carbocycles. The first kappa shape index (κ1) is 13.7. The van der Waals surface area contributed by atoms with Crippen molar-refractivity contribution < 1.29 is 14.3 Å². The standard InChI is InChI=1S/C13H15ClO3/c1-17-13(16)11(9-15)6-2-4-10-5-3-7-12(14)8-10/h3,5,7-9,11H,2,4,6H2,1H3. The van der Waals surface area contributed by atoms with Gasteiger partial charge in [0.05, 0.1) is 7.11 Å². The first-order valence-corrected chi connectivity index (χ1v) is 5.82. The largest absolute Gasteiger partial charge is 0.468 e. The monoisotopic (exact) mass is 254 g/mol. The van der Waals surface area contributed by atoms with Crippen molar-refractivity contribution in [1.82, 2.24) is 0 Å². The van der Waals surface area contributed by atoms with E-state index in [-0.39, 0.29) is 0 Å². The predicted molar refractivity (Wildman–Crippen MR) is 66.0 cm³/mol. The predicted octanol–water partition coefficient (Wildman–Crippen LogP) is 2.65. The lowest BCUT2D eigenvalue weighted by atomic mass is 10.0. The highest BCUT2D eigenvalue weighted by atomic mass is 35.5. The van der Waals surface area contributed by atoms with Gasteiger partial charge in [0.15, 0.2) is 0 Å². The third-order valence-electron chi connectivity index (χ3n) is 2.54. The number of carbonyl (C=O) groups is 2. The smallest absolute Gasteiger partial charge is 0.315 e. The fraction of sp³-hybridized carbons (Fsp3) is 0.385.